The molecule has 3 heteroatoms. The first-order valence-corrected chi connectivity index (χ1v) is 13.0. The first kappa shape index (κ1) is 24.7. The summed E-state index contributed by atoms with van der Waals surface area (Å²) in [5.74, 6) is 0. The number of rotatable bonds is 9. The van der Waals surface area contributed by atoms with Crippen molar-refractivity contribution in [3.8, 4) is 0 Å². The molecular weight excluding hydrogens is 383 g/mol. The highest BCUT2D eigenvalue weighted by Crippen LogP contribution is 2.45. The molecule has 0 radical (unpaired) electrons. The van der Waals surface area contributed by atoms with Crippen LogP contribution in [-0.4, -0.2) is 29.8 Å². The average molecular weight is 427 g/mol. The molecule has 0 amide bonds. The summed E-state index contributed by atoms with van der Waals surface area (Å²) in [7, 11) is -0.499. The molecule has 0 aromatic heterocycles. The molecule has 0 saturated carbocycles. The normalized spacial score (nSPS) is 12.1. The average Bonchev–Trinajstić information content (AvgIpc) is 2.63. The maximum atomic E-state index is 2.58. The lowest BCUT2D eigenvalue weighted by Crippen LogP contribution is -2.42. The first-order valence-electron chi connectivity index (χ1n) is 11.6. The number of para-hydroxylation sites is 2. The van der Waals surface area contributed by atoms with E-state index in [4.69, 9.17) is 0 Å². The number of hydrogen-bond acceptors (Lipinski definition) is 2. The highest BCUT2D eigenvalue weighted by Gasteiger charge is 2.28. The third-order valence-electron chi connectivity index (χ3n) is 5.58. The van der Waals surface area contributed by atoms with Gasteiger partial charge in [-0.1, -0.05) is 50.2 Å². The zero-order valence-corrected chi connectivity index (χ0v) is 21.7. The van der Waals surface area contributed by atoms with Gasteiger partial charge in [0.1, 0.15) is 0 Å². The molecule has 0 unspecified atom stereocenters. The quantitative estimate of drug-likeness (QED) is 0.408. The highest BCUT2D eigenvalue weighted by atomic mass is 31.1. The van der Waals surface area contributed by atoms with Gasteiger partial charge >= 0.3 is 0 Å². The van der Waals surface area contributed by atoms with E-state index in [1.165, 1.54) is 22.0 Å². The molecule has 166 valence electrons. The van der Waals surface area contributed by atoms with Crippen molar-refractivity contribution in [2.75, 3.05) is 9.80 Å². The lowest BCUT2D eigenvalue weighted by molar-refractivity contribution is 0.609. The van der Waals surface area contributed by atoms with Crippen LogP contribution >= 0.6 is 7.92 Å². The molecular formula is C27H43N2P. The predicted octanol–water partition coefficient (Wildman–Crippen LogP) is 6.77. The second-order valence-electron chi connectivity index (χ2n) is 9.63. The number of hydrogen-bond donors (Lipinski definition) is 0. The Morgan fingerprint density at radius 3 is 1.07 bits per heavy atom. The summed E-state index contributed by atoms with van der Waals surface area (Å²) in [6.07, 6.45) is 0. The van der Waals surface area contributed by atoms with E-state index in [0.717, 1.165) is 0 Å². The van der Waals surface area contributed by atoms with E-state index >= 15 is 0 Å². The van der Waals surface area contributed by atoms with E-state index < -0.39 is 7.92 Å². The van der Waals surface area contributed by atoms with Crippen LogP contribution in [0.4, 0.5) is 11.4 Å². The summed E-state index contributed by atoms with van der Waals surface area (Å²) in [5.41, 5.74) is 3.36. The van der Waals surface area contributed by atoms with Gasteiger partial charge in [0.2, 0.25) is 0 Å². The maximum absolute atomic E-state index is 2.58. The fraction of sp³-hybridized carbons (Fsp3) is 0.556. The Labute approximate surface area is 187 Å². The van der Waals surface area contributed by atoms with Gasteiger partial charge < -0.3 is 9.80 Å². The molecule has 2 nitrogen and oxygen atoms in total. The second-order valence-corrected chi connectivity index (χ2v) is 12.4. The van der Waals surface area contributed by atoms with Gasteiger partial charge in [0.25, 0.3) is 0 Å². The van der Waals surface area contributed by atoms with Gasteiger partial charge in [0.05, 0.1) is 0 Å². The van der Waals surface area contributed by atoms with Crippen molar-refractivity contribution in [2.24, 2.45) is 0 Å². The molecule has 0 spiro atoms. The predicted molar refractivity (Wildman–Crippen MR) is 140 cm³/mol. The molecule has 0 heterocycles. The third kappa shape index (κ3) is 5.38. The second kappa shape index (κ2) is 10.7. The summed E-state index contributed by atoms with van der Waals surface area (Å²) in [6, 6.07) is 20.1. The van der Waals surface area contributed by atoms with E-state index in [2.05, 4.69) is 128 Å². The molecule has 0 aliphatic carbocycles. The van der Waals surface area contributed by atoms with E-state index in [9.17, 15) is 0 Å². The largest absolute Gasteiger partial charge is 0.366 e. The van der Waals surface area contributed by atoms with E-state index in [1.807, 2.05) is 0 Å². The third-order valence-corrected chi connectivity index (χ3v) is 8.41. The van der Waals surface area contributed by atoms with Crippen molar-refractivity contribution in [1.82, 2.24) is 0 Å². The lowest BCUT2D eigenvalue weighted by Gasteiger charge is -2.39. The number of benzene rings is 2. The van der Waals surface area contributed by atoms with Crippen molar-refractivity contribution in [1.29, 1.82) is 0 Å². The van der Waals surface area contributed by atoms with Crippen LogP contribution in [0.5, 0.6) is 0 Å². The maximum Gasteiger partial charge on any atom is 0.0452 e. The Morgan fingerprint density at radius 2 is 0.800 bits per heavy atom. The summed E-state index contributed by atoms with van der Waals surface area (Å²) in [6.45, 7) is 23.2. The van der Waals surface area contributed by atoms with E-state index in [-0.39, 0.29) is 0 Å². The summed E-state index contributed by atoms with van der Waals surface area (Å²) >= 11 is 0. The van der Waals surface area contributed by atoms with Crippen LogP contribution in [0.15, 0.2) is 48.5 Å². The zero-order valence-electron chi connectivity index (χ0n) is 20.8. The molecule has 0 aliphatic heterocycles. The molecule has 2 aromatic carbocycles. The van der Waals surface area contributed by atoms with Crippen LogP contribution in [0.2, 0.25) is 0 Å². The molecule has 30 heavy (non-hydrogen) atoms. The molecule has 2 aromatic rings. The number of nitrogens with zero attached hydrogens (tertiary/aromatic N) is 2. The smallest absolute Gasteiger partial charge is 0.0452 e. The number of anilines is 2. The fourth-order valence-electron chi connectivity index (χ4n) is 4.76. The molecule has 0 N–H and O–H groups in total. The van der Waals surface area contributed by atoms with E-state index in [0.29, 0.717) is 29.8 Å². The summed E-state index contributed by atoms with van der Waals surface area (Å²) in [4.78, 5) is 5.16. The zero-order chi connectivity index (χ0) is 22.6. The van der Waals surface area contributed by atoms with Gasteiger partial charge in [0, 0.05) is 46.2 Å². The van der Waals surface area contributed by atoms with Gasteiger partial charge in [0.15, 0.2) is 0 Å². The van der Waals surface area contributed by atoms with E-state index in [1.54, 1.807) is 0 Å². The van der Waals surface area contributed by atoms with Crippen LogP contribution in [0.25, 0.3) is 0 Å². The Kier molecular flexibility index (Phi) is 8.80. The molecule has 0 aliphatic rings. The Morgan fingerprint density at radius 1 is 0.500 bits per heavy atom. The van der Waals surface area contributed by atoms with Gasteiger partial charge in [-0.05, 0) is 81.1 Å². The van der Waals surface area contributed by atoms with Crippen LogP contribution in [-0.2, 0) is 0 Å². The lowest BCUT2D eigenvalue weighted by atomic mass is 10.2. The van der Waals surface area contributed by atoms with Crippen LogP contribution in [0.3, 0.4) is 0 Å². The minimum absolute atomic E-state index is 0.466. The SMILES string of the molecule is CC(C)N(c1ccccc1P(c1ccccc1N(C(C)C)C(C)C)C(C)C)C(C)C. The summed E-state index contributed by atoms with van der Waals surface area (Å²) < 4.78 is 0. The van der Waals surface area contributed by atoms with Gasteiger partial charge in [-0.25, -0.2) is 0 Å². The highest BCUT2D eigenvalue weighted by molar-refractivity contribution is 7.74. The van der Waals surface area contributed by atoms with Gasteiger partial charge in [-0.15, -0.1) is 0 Å². The Hall–Kier alpha value is -1.53. The molecule has 2 rings (SSSR count). The van der Waals surface area contributed by atoms with Crippen LogP contribution < -0.4 is 20.4 Å². The van der Waals surface area contributed by atoms with Crippen molar-refractivity contribution >= 4 is 29.9 Å². The molecule has 0 saturated heterocycles. The fourth-order valence-corrected chi connectivity index (χ4v) is 7.50. The Balaban J connectivity index is 2.73. The molecule has 0 bridgehead atoms. The standard InChI is InChI=1S/C27H43N2P/c1-19(2)28(20(3)4)24-15-11-13-17-26(24)30(23(9)10)27-18-14-12-16-25(27)29(21(5)6)22(7)8/h11-23H,1-10H3. The van der Waals surface area contributed by atoms with Crippen LogP contribution in [0.1, 0.15) is 69.2 Å². The first-order chi connectivity index (χ1) is 14.1. The van der Waals surface area contributed by atoms with Crippen molar-refractivity contribution in [2.45, 2.75) is 99.1 Å². The molecule has 0 atom stereocenters. The topological polar surface area (TPSA) is 6.48 Å². The Bertz CT molecular complexity index is 715. The minimum atomic E-state index is -0.499. The van der Waals surface area contributed by atoms with Crippen molar-refractivity contribution in [3.63, 3.8) is 0 Å². The minimum Gasteiger partial charge on any atom is -0.366 e. The molecule has 0 fully saturated rings. The van der Waals surface area contributed by atoms with Crippen LogP contribution in [0, 0.1) is 0 Å². The van der Waals surface area contributed by atoms with Crippen molar-refractivity contribution < 1.29 is 0 Å². The van der Waals surface area contributed by atoms with Gasteiger partial charge in [-0.3, -0.25) is 0 Å². The monoisotopic (exact) mass is 426 g/mol. The summed E-state index contributed by atoms with van der Waals surface area (Å²) in [5, 5.41) is 3.01. The van der Waals surface area contributed by atoms with Crippen molar-refractivity contribution in [3.05, 3.63) is 48.5 Å². The van der Waals surface area contributed by atoms with Gasteiger partial charge in [-0.2, -0.15) is 0 Å².